The topological polar surface area (TPSA) is 29.5 Å². The molecular weight excluding hydrogens is 264 g/mol. The summed E-state index contributed by atoms with van der Waals surface area (Å²) < 4.78 is 6.42. The van der Waals surface area contributed by atoms with Crippen LogP contribution >= 0.6 is 0 Å². The Morgan fingerprint density at radius 2 is 1.35 bits per heavy atom. The van der Waals surface area contributed by atoms with Crippen LogP contribution in [-0.2, 0) is 4.43 Å². The van der Waals surface area contributed by atoms with Gasteiger partial charge in [0.15, 0.2) is 8.32 Å². The molecule has 0 heterocycles. The van der Waals surface area contributed by atoms with E-state index in [0.717, 1.165) is 5.56 Å². The maximum Gasteiger partial charge on any atom is 0.200 e. The van der Waals surface area contributed by atoms with Crippen molar-refractivity contribution < 1.29 is 9.53 Å². The number of hydrogen-bond acceptors (Lipinski definition) is 2. The number of hydrogen-bond donors (Lipinski definition) is 1. The molecule has 1 rings (SSSR count). The predicted molar refractivity (Wildman–Crippen MR) is 88.4 cm³/mol. The van der Waals surface area contributed by atoms with Gasteiger partial charge in [-0.3, -0.25) is 0 Å². The van der Waals surface area contributed by atoms with Crippen molar-refractivity contribution >= 4 is 8.32 Å². The molecule has 0 fully saturated rings. The van der Waals surface area contributed by atoms with E-state index in [1.54, 1.807) is 0 Å². The van der Waals surface area contributed by atoms with Gasteiger partial charge in [-0.05, 0) is 22.2 Å². The van der Waals surface area contributed by atoms with Gasteiger partial charge in [-0.15, -0.1) is 0 Å². The summed E-state index contributed by atoms with van der Waals surface area (Å²) in [5.41, 5.74) is 2.58. The van der Waals surface area contributed by atoms with Gasteiger partial charge in [0.1, 0.15) is 6.10 Å². The van der Waals surface area contributed by atoms with E-state index in [2.05, 4.69) is 41.5 Å². The van der Waals surface area contributed by atoms with E-state index < -0.39 is 14.4 Å². The molecule has 0 bridgehead atoms. The van der Waals surface area contributed by atoms with Crippen LogP contribution in [0.2, 0.25) is 16.6 Å². The summed E-state index contributed by atoms with van der Waals surface area (Å²) in [6.07, 6.45) is -0.528. The van der Waals surface area contributed by atoms with Gasteiger partial charge < -0.3 is 9.53 Å². The molecule has 0 aromatic heterocycles. The fraction of sp³-hybridized carbons (Fsp3) is 0.647. The second-order valence-corrected chi connectivity index (χ2v) is 12.0. The van der Waals surface area contributed by atoms with E-state index in [4.69, 9.17) is 4.43 Å². The lowest BCUT2D eigenvalue weighted by molar-refractivity contribution is 0.0978. The molecule has 2 nitrogen and oxygen atoms in total. The van der Waals surface area contributed by atoms with Crippen LogP contribution in [-0.4, -0.2) is 20.0 Å². The summed E-state index contributed by atoms with van der Waals surface area (Å²) >= 11 is 0. The third kappa shape index (κ3) is 3.71. The third-order valence-electron chi connectivity index (χ3n) is 4.38. The summed E-state index contributed by atoms with van der Waals surface area (Å²) in [5, 5.41) is 10.3. The van der Waals surface area contributed by atoms with E-state index in [1.165, 1.54) is 0 Å². The molecule has 114 valence electrons. The van der Waals surface area contributed by atoms with Crippen molar-refractivity contribution in [3.8, 4) is 0 Å². The average molecular weight is 295 g/mol. The molecule has 0 aliphatic heterocycles. The van der Waals surface area contributed by atoms with Gasteiger partial charge in [0.2, 0.25) is 0 Å². The van der Waals surface area contributed by atoms with E-state index >= 15 is 0 Å². The zero-order valence-corrected chi connectivity index (χ0v) is 14.8. The molecule has 0 amide bonds. The van der Waals surface area contributed by atoms with Crippen LogP contribution < -0.4 is 0 Å². The van der Waals surface area contributed by atoms with Crippen molar-refractivity contribution in [3.05, 3.63) is 35.9 Å². The fourth-order valence-corrected chi connectivity index (χ4v) is 8.94. The highest BCUT2D eigenvalue weighted by Crippen LogP contribution is 2.42. The van der Waals surface area contributed by atoms with Crippen molar-refractivity contribution in [3.63, 3.8) is 0 Å². The van der Waals surface area contributed by atoms with Gasteiger partial charge >= 0.3 is 0 Å². The second-order valence-electron chi connectivity index (χ2n) is 6.56. The van der Waals surface area contributed by atoms with Crippen LogP contribution in [0.3, 0.4) is 0 Å². The number of rotatable bonds is 7. The third-order valence-corrected chi connectivity index (χ3v) is 10.5. The Morgan fingerprint density at radius 1 is 0.900 bits per heavy atom. The molecule has 0 saturated carbocycles. The van der Waals surface area contributed by atoms with E-state index in [0.29, 0.717) is 23.2 Å². The summed E-state index contributed by atoms with van der Waals surface area (Å²) in [6, 6.07) is 9.79. The van der Waals surface area contributed by atoms with Gasteiger partial charge in [-0.2, -0.15) is 0 Å². The Labute approximate surface area is 125 Å². The Bertz CT molecular complexity index is 365. The molecule has 3 heteroatoms. The largest absolute Gasteiger partial charge is 0.413 e. The van der Waals surface area contributed by atoms with Gasteiger partial charge in [-0.1, -0.05) is 71.9 Å². The molecule has 0 unspecified atom stereocenters. The van der Waals surface area contributed by atoms with Crippen molar-refractivity contribution in [2.75, 3.05) is 6.61 Å². The molecule has 1 N–H and O–H groups in total. The normalized spacial score (nSPS) is 14.3. The Hall–Kier alpha value is -0.643. The van der Waals surface area contributed by atoms with E-state index in [1.807, 2.05) is 30.3 Å². The van der Waals surface area contributed by atoms with Gasteiger partial charge in [-0.25, -0.2) is 0 Å². The highest BCUT2D eigenvalue weighted by Gasteiger charge is 2.45. The lowest BCUT2D eigenvalue weighted by Gasteiger charge is -2.42. The summed E-state index contributed by atoms with van der Waals surface area (Å²) in [7, 11) is -1.88. The molecule has 0 saturated heterocycles. The number of aliphatic hydroxyl groups excluding tert-OH is 1. The van der Waals surface area contributed by atoms with Crippen molar-refractivity contribution in [1.29, 1.82) is 0 Å². The molecule has 20 heavy (non-hydrogen) atoms. The first-order valence-corrected chi connectivity index (χ1v) is 9.83. The molecule has 0 aliphatic carbocycles. The molecule has 1 atom stereocenters. The zero-order valence-electron chi connectivity index (χ0n) is 13.8. The lowest BCUT2D eigenvalue weighted by Crippen LogP contribution is -2.48. The quantitative estimate of drug-likeness (QED) is 0.724. The minimum atomic E-state index is -1.88. The van der Waals surface area contributed by atoms with Gasteiger partial charge in [0.25, 0.3) is 0 Å². The molecule has 0 radical (unpaired) electrons. The van der Waals surface area contributed by atoms with Gasteiger partial charge in [0, 0.05) is 0 Å². The molecule has 1 aromatic rings. The minimum absolute atomic E-state index is 0.408. The average Bonchev–Trinajstić information content (AvgIpc) is 2.38. The monoisotopic (exact) mass is 294 g/mol. The predicted octanol–water partition coefficient (Wildman–Crippen LogP) is 4.91. The van der Waals surface area contributed by atoms with Crippen LogP contribution in [0.25, 0.3) is 0 Å². The maximum atomic E-state index is 10.3. The molecule has 0 spiro atoms. The maximum absolute atomic E-state index is 10.3. The molecule has 1 aromatic carbocycles. The van der Waals surface area contributed by atoms with Crippen LogP contribution in [0.4, 0.5) is 0 Å². The van der Waals surface area contributed by atoms with E-state index in [-0.39, 0.29) is 0 Å². The van der Waals surface area contributed by atoms with Crippen LogP contribution in [0.5, 0.6) is 0 Å². The number of aliphatic hydroxyl groups is 1. The van der Waals surface area contributed by atoms with Crippen LogP contribution in [0.1, 0.15) is 53.2 Å². The molecule has 0 aliphatic rings. The van der Waals surface area contributed by atoms with Crippen molar-refractivity contribution in [1.82, 2.24) is 0 Å². The van der Waals surface area contributed by atoms with Gasteiger partial charge in [0.05, 0.1) is 6.61 Å². The Balaban J connectivity index is 2.82. The SMILES string of the molecule is CC(C)[Si](OC[C@@H](O)c1ccccc1)(C(C)C)C(C)C. The first-order chi connectivity index (χ1) is 9.32. The van der Waals surface area contributed by atoms with Crippen LogP contribution in [0.15, 0.2) is 30.3 Å². The summed E-state index contributed by atoms with van der Waals surface area (Å²) in [4.78, 5) is 0. The van der Waals surface area contributed by atoms with Crippen molar-refractivity contribution in [2.24, 2.45) is 0 Å². The fourth-order valence-electron chi connectivity index (χ4n) is 3.49. The lowest BCUT2D eigenvalue weighted by atomic mass is 10.1. The highest BCUT2D eigenvalue weighted by atomic mass is 28.4. The Kier molecular flexibility index (Phi) is 6.43. The standard InChI is InChI=1S/C17H30O2Si/c1-13(2)20(14(3)4,15(5)6)19-12-17(18)16-10-8-7-9-11-16/h7-11,13-15,17-18H,12H2,1-6H3/t17-/m1/s1. The van der Waals surface area contributed by atoms with E-state index in [9.17, 15) is 5.11 Å². The van der Waals surface area contributed by atoms with Crippen LogP contribution in [0, 0.1) is 0 Å². The molecular formula is C17H30O2Si. The summed E-state index contributed by atoms with van der Waals surface area (Å²) in [5.74, 6) is 0. The van der Waals surface area contributed by atoms with Crippen molar-refractivity contribution in [2.45, 2.75) is 64.3 Å². The zero-order chi connectivity index (χ0) is 15.3. The first kappa shape index (κ1) is 17.4. The smallest absolute Gasteiger partial charge is 0.200 e. The summed E-state index contributed by atoms with van der Waals surface area (Å²) in [6.45, 7) is 14.0. The highest BCUT2D eigenvalue weighted by molar-refractivity contribution is 6.77. The second kappa shape index (κ2) is 7.39. The first-order valence-electron chi connectivity index (χ1n) is 7.69. The Morgan fingerprint density at radius 3 is 1.75 bits per heavy atom. The number of benzene rings is 1. The minimum Gasteiger partial charge on any atom is -0.413 e.